The molecule has 0 spiro atoms. The first-order valence-electron chi connectivity index (χ1n) is 6.91. The number of benzene rings is 1. The summed E-state index contributed by atoms with van der Waals surface area (Å²) in [5.41, 5.74) is 0.772. The highest BCUT2D eigenvalue weighted by molar-refractivity contribution is 5.40. The van der Waals surface area contributed by atoms with Gasteiger partial charge in [-0.1, -0.05) is 6.07 Å². The number of hydrogen-bond acceptors (Lipinski definition) is 8. The monoisotopic (exact) mass is 317 g/mol. The van der Waals surface area contributed by atoms with Crippen LogP contribution in [-0.4, -0.2) is 79.9 Å². The highest BCUT2D eigenvalue weighted by Crippen LogP contribution is 2.24. The van der Waals surface area contributed by atoms with E-state index >= 15 is 0 Å². The fraction of sp³-hybridized carbons (Fsp3) is 0.571. The molecule has 4 atom stereocenters. The first kappa shape index (κ1) is 18.6. The minimum atomic E-state index is -1.64. The zero-order chi connectivity index (χ0) is 16.7. The molecular formula is C14H23NO7. The van der Waals surface area contributed by atoms with E-state index in [0.29, 0.717) is 13.0 Å². The molecule has 1 aromatic rings. The Morgan fingerprint density at radius 1 is 0.909 bits per heavy atom. The number of phenolic OH excluding ortho intramolecular Hbond substituents is 2. The summed E-state index contributed by atoms with van der Waals surface area (Å²) in [6, 6.07) is 4.43. The topological polar surface area (TPSA) is 154 Å². The molecule has 1 rings (SSSR count). The van der Waals surface area contributed by atoms with Gasteiger partial charge in [0.05, 0.1) is 12.7 Å². The van der Waals surface area contributed by atoms with Gasteiger partial charge in [-0.2, -0.15) is 0 Å². The summed E-state index contributed by atoms with van der Waals surface area (Å²) in [7, 11) is 0. The fourth-order valence-electron chi connectivity index (χ4n) is 1.89. The molecule has 0 saturated heterocycles. The smallest absolute Gasteiger partial charge is 0.157 e. The molecule has 8 heteroatoms. The van der Waals surface area contributed by atoms with Gasteiger partial charge in [-0.15, -0.1) is 0 Å². The Morgan fingerprint density at radius 2 is 1.55 bits per heavy atom. The van der Waals surface area contributed by atoms with Gasteiger partial charge >= 0.3 is 0 Å². The van der Waals surface area contributed by atoms with Crippen LogP contribution in [0, 0.1) is 0 Å². The second-order valence-corrected chi connectivity index (χ2v) is 5.08. The zero-order valence-electron chi connectivity index (χ0n) is 12.0. The lowest BCUT2D eigenvalue weighted by Crippen LogP contribution is -2.49. The van der Waals surface area contributed by atoms with Crippen LogP contribution in [-0.2, 0) is 6.42 Å². The van der Waals surface area contributed by atoms with Crippen molar-refractivity contribution in [3.05, 3.63) is 23.8 Å². The van der Waals surface area contributed by atoms with Crippen molar-refractivity contribution in [2.45, 2.75) is 30.8 Å². The second-order valence-electron chi connectivity index (χ2n) is 5.08. The van der Waals surface area contributed by atoms with Crippen molar-refractivity contribution >= 4 is 0 Å². The van der Waals surface area contributed by atoms with Gasteiger partial charge in [-0.3, -0.25) is 0 Å². The molecule has 0 radical (unpaired) electrons. The van der Waals surface area contributed by atoms with E-state index in [0.717, 1.165) is 5.56 Å². The number of rotatable bonds is 9. The summed E-state index contributed by atoms with van der Waals surface area (Å²) in [5.74, 6) is -0.416. The largest absolute Gasteiger partial charge is 0.504 e. The maximum atomic E-state index is 9.67. The minimum Gasteiger partial charge on any atom is -0.504 e. The van der Waals surface area contributed by atoms with Gasteiger partial charge in [0.25, 0.3) is 0 Å². The lowest BCUT2D eigenvalue weighted by atomic mass is 10.0. The number of nitrogens with one attached hydrogen (secondary N) is 1. The molecule has 1 aromatic carbocycles. The highest BCUT2D eigenvalue weighted by Gasteiger charge is 2.29. The van der Waals surface area contributed by atoms with Crippen LogP contribution in [0.15, 0.2) is 18.2 Å². The molecule has 0 bridgehead atoms. The summed E-state index contributed by atoms with van der Waals surface area (Å²) >= 11 is 0. The Balaban J connectivity index is 2.32. The van der Waals surface area contributed by atoms with E-state index in [1.807, 2.05) is 0 Å². The normalized spacial score (nSPS) is 17.0. The van der Waals surface area contributed by atoms with Crippen molar-refractivity contribution in [3.63, 3.8) is 0 Å². The Bertz CT molecular complexity index is 457. The van der Waals surface area contributed by atoms with Crippen molar-refractivity contribution in [2.24, 2.45) is 0 Å². The van der Waals surface area contributed by atoms with Crippen LogP contribution in [0.1, 0.15) is 5.56 Å². The molecule has 0 fully saturated rings. The van der Waals surface area contributed by atoms with E-state index in [2.05, 4.69) is 5.32 Å². The molecular weight excluding hydrogens is 294 g/mol. The van der Waals surface area contributed by atoms with Crippen LogP contribution in [0.4, 0.5) is 0 Å². The molecule has 0 heterocycles. The Labute approximate surface area is 127 Å². The summed E-state index contributed by atoms with van der Waals surface area (Å²) in [6.07, 6.45) is -5.56. The number of phenols is 2. The average Bonchev–Trinajstić information content (AvgIpc) is 2.52. The lowest BCUT2D eigenvalue weighted by molar-refractivity contribution is -0.113. The number of aromatic hydroxyl groups is 2. The van der Waals surface area contributed by atoms with Gasteiger partial charge < -0.3 is 41.1 Å². The molecule has 0 aliphatic carbocycles. The average molecular weight is 317 g/mol. The van der Waals surface area contributed by atoms with Gasteiger partial charge in [0.15, 0.2) is 11.5 Å². The third kappa shape index (κ3) is 5.41. The number of aliphatic hydroxyl groups is 5. The van der Waals surface area contributed by atoms with E-state index in [-0.39, 0.29) is 18.0 Å². The van der Waals surface area contributed by atoms with Gasteiger partial charge in [-0.25, -0.2) is 0 Å². The number of hydrogen-bond donors (Lipinski definition) is 8. The third-order valence-corrected chi connectivity index (χ3v) is 3.31. The summed E-state index contributed by atoms with van der Waals surface area (Å²) in [4.78, 5) is 0. The Kier molecular flexibility index (Phi) is 7.52. The van der Waals surface area contributed by atoms with Crippen molar-refractivity contribution < 1.29 is 35.7 Å². The minimum absolute atomic E-state index is 0.0273. The van der Waals surface area contributed by atoms with Crippen LogP contribution in [0.3, 0.4) is 0 Å². The molecule has 8 nitrogen and oxygen atoms in total. The maximum Gasteiger partial charge on any atom is 0.157 e. The maximum absolute atomic E-state index is 9.67. The first-order valence-corrected chi connectivity index (χ1v) is 6.91. The van der Waals surface area contributed by atoms with Crippen molar-refractivity contribution in [1.82, 2.24) is 5.32 Å². The summed E-state index contributed by atoms with van der Waals surface area (Å²) in [5, 5.41) is 67.9. The summed E-state index contributed by atoms with van der Waals surface area (Å²) < 4.78 is 0. The van der Waals surface area contributed by atoms with E-state index in [1.165, 1.54) is 12.1 Å². The van der Waals surface area contributed by atoms with Crippen molar-refractivity contribution in [3.8, 4) is 11.5 Å². The molecule has 126 valence electrons. The molecule has 0 aliphatic rings. The van der Waals surface area contributed by atoms with Crippen LogP contribution in [0.25, 0.3) is 0 Å². The molecule has 4 unspecified atom stereocenters. The third-order valence-electron chi connectivity index (χ3n) is 3.31. The zero-order valence-corrected chi connectivity index (χ0v) is 12.0. The molecule has 0 saturated carbocycles. The lowest BCUT2D eigenvalue weighted by Gasteiger charge is -2.25. The van der Waals surface area contributed by atoms with E-state index < -0.39 is 31.0 Å². The van der Waals surface area contributed by atoms with E-state index in [4.69, 9.17) is 5.11 Å². The van der Waals surface area contributed by atoms with Gasteiger partial charge in [0.1, 0.15) is 18.3 Å². The van der Waals surface area contributed by atoms with Gasteiger partial charge in [-0.05, 0) is 30.7 Å². The number of aliphatic hydroxyl groups excluding tert-OH is 5. The standard InChI is InChI=1S/C14H23NO7/c16-7-12(20)14(22)13(21)11(19)6-15-4-3-8-1-2-9(17)10(18)5-8/h1-2,5,11-22H,3-4,6-7H2. The summed E-state index contributed by atoms with van der Waals surface area (Å²) in [6.45, 7) is -0.324. The van der Waals surface area contributed by atoms with E-state index in [1.54, 1.807) is 6.07 Å². The molecule has 0 aromatic heterocycles. The molecule has 0 aliphatic heterocycles. The first-order chi connectivity index (χ1) is 10.4. The Morgan fingerprint density at radius 3 is 2.14 bits per heavy atom. The van der Waals surface area contributed by atoms with Crippen molar-refractivity contribution in [2.75, 3.05) is 19.7 Å². The van der Waals surface area contributed by atoms with E-state index in [9.17, 15) is 30.6 Å². The van der Waals surface area contributed by atoms with Gasteiger partial charge in [0, 0.05) is 6.54 Å². The fourth-order valence-corrected chi connectivity index (χ4v) is 1.89. The molecule has 22 heavy (non-hydrogen) atoms. The predicted molar refractivity (Wildman–Crippen MR) is 77.5 cm³/mol. The second kappa shape index (κ2) is 8.89. The van der Waals surface area contributed by atoms with Crippen molar-refractivity contribution in [1.29, 1.82) is 0 Å². The predicted octanol–water partition coefficient (Wildman–Crippen LogP) is -2.33. The van der Waals surface area contributed by atoms with Crippen LogP contribution < -0.4 is 5.32 Å². The molecule has 8 N–H and O–H groups in total. The van der Waals surface area contributed by atoms with Crippen LogP contribution >= 0.6 is 0 Å². The Hall–Kier alpha value is -1.42. The van der Waals surface area contributed by atoms with Crippen LogP contribution in [0.2, 0.25) is 0 Å². The molecule has 0 amide bonds. The highest BCUT2D eigenvalue weighted by atomic mass is 16.4. The van der Waals surface area contributed by atoms with Gasteiger partial charge in [0.2, 0.25) is 0 Å². The van der Waals surface area contributed by atoms with Crippen LogP contribution in [0.5, 0.6) is 11.5 Å². The quantitative estimate of drug-likeness (QED) is 0.186. The SMILES string of the molecule is OCC(O)C(O)C(O)C(O)CNCCc1ccc(O)c(O)c1.